The van der Waals surface area contributed by atoms with Gasteiger partial charge in [-0.15, -0.1) is 10.2 Å². The van der Waals surface area contributed by atoms with Crippen LogP contribution in [-0.2, 0) is 20.0 Å². The molecule has 0 saturated carbocycles. The second kappa shape index (κ2) is 8.80. The van der Waals surface area contributed by atoms with E-state index in [4.69, 9.17) is 10.9 Å². The van der Waals surface area contributed by atoms with E-state index in [9.17, 15) is 16.8 Å². The Labute approximate surface area is 198 Å². The van der Waals surface area contributed by atoms with Gasteiger partial charge in [0.25, 0.3) is 0 Å². The summed E-state index contributed by atoms with van der Waals surface area (Å²) in [7, 11) is -8.93. The van der Waals surface area contributed by atoms with Crippen molar-refractivity contribution in [3.63, 3.8) is 0 Å². The minimum absolute atomic E-state index is 0.0490. The molecule has 2 aromatic carbocycles. The average Bonchev–Trinajstić information content (AvgIpc) is 3.44. The molecule has 34 heavy (non-hydrogen) atoms. The molecule has 0 saturated heterocycles. The van der Waals surface area contributed by atoms with Gasteiger partial charge in [-0.25, -0.2) is 31.7 Å². The van der Waals surface area contributed by atoms with E-state index in [1.807, 2.05) is 6.07 Å². The van der Waals surface area contributed by atoms with E-state index in [-0.39, 0.29) is 29.5 Å². The zero-order valence-electron chi connectivity index (χ0n) is 17.7. The van der Waals surface area contributed by atoms with Gasteiger partial charge >= 0.3 is 0 Å². The highest BCUT2D eigenvalue weighted by molar-refractivity contribution is 7.92. The van der Waals surface area contributed by atoms with Gasteiger partial charge in [0.15, 0.2) is 11.2 Å². The average molecular weight is 523 g/mol. The van der Waals surface area contributed by atoms with Crippen LogP contribution in [0.3, 0.4) is 0 Å². The molecule has 4 aromatic rings. The summed E-state index contributed by atoms with van der Waals surface area (Å²) in [5.41, 5.74) is 7.01. The molecule has 0 bridgehead atoms. The number of aromatic nitrogens is 5. The fourth-order valence-corrected chi connectivity index (χ4v) is 6.83. The first-order chi connectivity index (χ1) is 16.0. The number of anilines is 1. The summed E-state index contributed by atoms with van der Waals surface area (Å²) >= 11 is 1.25. The van der Waals surface area contributed by atoms with Crippen molar-refractivity contribution in [1.29, 1.82) is 0 Å². The number of primary sulfonamides is 1. The van der Waals surface area contributed by atoms with Crippen molar-refractivity contribution in [1.82, 2.24) is 30.3 Å². The lowest BCUT2D eigenvalue weighted by Gasteiger charge is -2.17. The van der Waals surface area contributed by atoms with Crippen molar-refractivity contribution in [2.75, 3.05) is 12.3 Å². The second-order valence-corrected chi connectivity index (χ2v) is 11.6. The smallest absolute Gasteiger partial charge is 0.242 e. The van der Waals surface area contributed by atoms with Gasteiger partial charge in [0, 0.05) is 5.56 Å². The fourth-order valence-electron chi connectivity index (χ4n) is 3.34. The molecule has 7 N–H and O–H groups in total. The molecule has 1 unspecified atom stereocenters. The maximum atomic E-state index is 13.1. The first kappa shape index (κ1) is 23.8. The highest BCUT2D eigenvalue weighted by Gasteiger charge is 2.32. The normalized spacial score (nSPS) is 13.2. The SMILES string of the molecule is C=[NH+]C(C)CNS(=O)(=O)c1ccc(-c2cccc3sc(N)nc23)c(-c2nn[nH]n2)c1S(N)(=O)=O. The van der Waals surface area contributed by atoms with Crippen molar-refractivity contribution < 1.29 is 21.8 Å². The van der Waals surface area contributed by atoms with E-state index >= 15 is 0 Å². The predicted molar refractivity (Wildman–Crippen MR) is 127 cm³/mol. The van der Waals surface area contributed by atoms with Crippen molar-refractivity contribution in [2.24, 2.45) is 5.14 Å². The number of nitrogens with one attached hydrogen (secondary N) is 3. The van der Waals surface area contributed by atoms with E-state index in [2.05, 4.69) is 42.0 Å². The lowest BCUT2D eigenvalue weighted by Crippen LogP contribution is -2.75. The Morgan fingerprint density at radius 1 is 1.21 bits per heavy atom. The molecule has 13 nitrogen and oxygen atoms in total. The van der Waals surface area contributed by atoms with Crippen LogP contribution < -0.4 is 20.6 Å². The van der Waals surface area contributed by atoms with E-state index in [1.165, 1.54) is 17.4 Å². The van der Waals surface area contributed by atoms with Crippen molar-refractivity contribution in [3.8, 4) is 22.5 Å². The molecule has 16 heteroatoms. The molecule has 4 rings (SSSR count). The summed E-state index contributed by atoms with van der Waals surface area (Å²) in [6, 6.07) is 7.53. The summed E-state index contributed by atoms with van der Waals surface area (Å²) in [6.45, 7) is 5.14. The predicted octanol–water partition coefficient (Wildman–Crippen LogP) is -1.18. The summed E-state index contributed by atoms with van der Waals surface area (Å²) in [6.07, 6.45) is 0. The Hall–Kier alpha value is -3.31. The Morgan fingerprint density at radius 3 is 2.62 bits per heavy atom. The number of aromatic amines is 1. The number of hydrogen-bond donors (Lipinski definition) is 5. The number of fused-ring (bicyclic) bond motifs is 1. The highest BCUT2D eigenvalue weighted by atomic mass is 32.2. The molecule has 0 aliphatic rings. The van der Waals surface area contributed by atoms with Crippen LogP contribution in [0.1, 0.15) is 6.92 Å². The summed E-state index contributed by atoms with van der Waals surface area (Å²) < 4.78 is 55.0. The second-order valence-electron chi connectivity index (χ2n) is 7.26. The first-order valence-electron chi connectivity index (χ1n) is 9.64. The molecule has 0 fully saturated rings. The Kier molecular flexibility index (Phi) is 6.17. The molecule has 2 heterocycles. The molecule has 0 amide bonds. The first-order valence-corrected chi connectivity index (χ1v) is 13.5. The van der Waals surface area contributed by atoms with Crippen LogP contribution in [0, 0.1) is 0 Å². The quantitative estimate of drug-likeness (QED) is 0.176. The van der Waals surface area contributed by atoms with Crippen LogP contribution in [0.5, 0.6) is 0 Å². The standard InChI is InChI=1S/C18H19N9O4S3/c1-9(21-2)8-22-34(30,31)13-7-6-10(11-4-3-5-12-15(11)23-18(19)32-12)14(16(13)33(20,28)29)17-24-26-27-25-17/h3-7,9,22H,2,8H2,1H3,(H2,19,23)(H2,20,28,29)(H,24,25,26,27)/p+1. The van der Waals surface area contributed by atoms with E-state index < -0.39 is 29.8 Å². The maximum absolute atomic E-state index is 13.1. The zero-order chi connectivity index (χ0) is 24.7. The Bertz CT molecular complexity index is 1600. The molecular weight excluding hydrogens is 502 g/mol. The molecule has 2 aromatic heterocycles. The summed E-state index contributed by atoms with van der Waals surface area (Å²) in [5.74, 6) is -0.163. The van der Waals surface area contributed by atoms with Crippen LogP contribution in [0.2, 0.25) is 0 Å². The minimum Gasteiger partial charge on any atom is -0.375 e. The van der Waals surface area contributed by atoms with Gasteiger partial charge in [0.2, 0.25) is 25.9 Å². The van der Waals surface area contributed by atoms with Gasteiger partial charge in [-0.3, -0.25) is 4.99 Å². The van der Waals surface area contributed by atoms with E-state index in [0.29, 0.717) is 16.2 Å². The number of thiazole rings is 1. The molecule has 0 radical (unpaired) electrons. The summed E-state index contributed by atoms with van der Waals surface area (Å²) in [4.78, 5) is 5.76. The van der Waals surface area contributed by atoms with Crippen LogP contribution in [0.4, 0.5) is 5.13 Å². The number of hydrogen-bond acceptors (Lipinski definition) is 10. The molecule has 0 aliphatic heterocycles. The third-order valence-corrected chi connectivity index (χ3v) is 8.36. The van der Waals surface area contributed by atoms with Gasteiger partial charge in [-0.05, 0) is 29.8 Å². The summed E-state index contributed by atoms with van der Waals surface area (Å²) in [5, 5.41) is 19.4. The van der Waals surface area contributed by atoms with Gasteiger partial charge < -0.3 is 5.73 Å². The van der Waals surface area contributed by atoms with Gasteiger partial charge in [0.05, 0.1) is 22.3 Å². The Balaban J connectivity index is 2.07. The number of nitrogen functional groups attached to an aromatic ring is 1. The number of rotatable bonds is 8. The van der Waals surface area contributed by atoms with Gasteiger partial charge in [-0.1, -0.05) is 29.5 Å². The highest BCUT2D eigenvalue weighted by Crippen LogP contribution is 2.41. The molecule has 1 atom stereocenters. The molecular formula is C18H20N9O4S3+. The molecule has 178 valence electrons. The number of para-hydroxylation sites is 1. The number of H-pyrrole nitrogens is 1. The zero-order valence-corrected chi connectivity index (χ0v) is 20.1. The number of benzene rings is 2. The number of sulfonamides is 2. The van der Waals surface area contributed by atoms with Gasteiger partial charge in [-0.2, -0.15) is 5.21 Å². The lowest BCUT2D eigenvalue weighted by molar-refractivity contribution is -0.486. The number of nitrogens with two attached hydrogens (primary N) is 2. The van der Waals surface area contributed by atoms with Crippen LogP contribution in [-0.4, -0.2) is 61.7 Å². The third kappa shape index (κ3) is 4.40. The van der Waals surface area contributed by atoms with E-state index in [1.54, 1.807) is 19.1 Å². The minimum atomic E-state index is -4.61. The van der Waals surface area contributed by atoms with E-state index in [0.717, 1.165) is 10.8 Å². The van der Waals surface area contributed by atoms with Crippen LogP contribution in [0.15, 0.2) is 40.1 Å². The monoisotopic (exact) mass is 522 g/mol. The molecule has 0 spiro atoms. The number of nitrogens with zero attached hydrogens (tertiary/aromatic N) is 4. The molecule has 0 aliphatic carbocycles. The van der Waals surface area contributed by atoms with Crippen molar-refractivity contribution in [3.05, 3.63) is 30.3 Å². The third-order valence-electron chi connectivity index (χ3n) is 4.92. The van der Waals surface area contributed by atoms with Crippen LogP contribution in [0.25, 0.3) is 32.7 Å². The van der Waals surface area contributed by atoms with Crippen LogP contribution >= 0.6 is 11.3 Å². The Morgan fingerprint density at radius 2 is 1.97 bits per heavy atom. The fraction of sp³-hybridized carbons (Fsp3) is 0.167. The van der Waals surface area contributed by atoms with Crippen molar-refractivity contribution in [2.45, 2.75) is 22.8 Å². The largest absolute Gasteiger partial charge is 0.375 e. The maximum Gasteiger partial charge on any atom is 0.242 e. The van der Waals surface area contributed by atoms with Gasteiger partial charge in [0.1, 0.15) is 16.5 Å². The topological polar surface area (TPSA) is 214 Å². The van der Waals surface area contributed by atoms with Crippen molar-refractivity contribution >= 4 is 53.4 Å². The lowest BCUT2D eigenvalue weighted by atomic mass is 9.98. The number of tetrazole rings is 1.